The number of phenols is 1. The lowest BCUT2D eigenvalue weighted by Gasteiger charge is -2.35. The maximum Gasteiger partial charge on any atom is 0.407 e. The average Bonchev–Trinajstić information content (AvgIpc) is 2.53. The number of nitrogens with one attached hydrogen (secondary N) is 1. The number of benzene rings is 1. The van der Waals surface area contributed by atoms with E-state index in [2.05, 4.69) is 15.5 Å². The number of hydrogen-bond acceptors (Lipinski definition) is 7. The monoisotopic (exact) mass is 372 g/mol. The fourth-order valence-electron chi connectivity index (χ4n) is 2.68. The molecule has 1 aromatic carbocycles. The van der Waals surface area contributed by atoms with Gasteiger partial charge in [-0.1, -0.05) is 12.1 Å². The van der Waals surface area contributed by atoms with E-state index in [0.29, 0.717) is 29.8 Å². The summed E-state index contributed by atoms with van der Waals surface area (Å²) in [6.07, 6.45) is 0.404. The summed E-state index contributed by atoms with van der Waals surface area (Å²) in [4.78, 5) is 11.8. The Morgan fingerprint density at radius 3 is 2.59 bits per heavy atom. The second-order valence-corrected chi connectivity index (χ2v) is 7.61. The zero-order chi connectivity index (χ0) is 19.6. The Kier molecular flexibility index (Phi) is 5.07. The number of carbonyl (C=O) groups excluding carboxylic acids is 1. The summed E-state index contributed by atoms with van der Waals surface area (Å²) >= 11 is 0. The molecule has 27 heavy (non-hydrogen) atoms. The van der Waals surface area contributed by atoms with Crippen LogP contribution < -0.4 is 15.8 Å². The van der Waals surface area contributed by atoms with Crippen LogP contribution in [0.25, 0.3) is 11.3 Å². The summed E-state index contributed by atoms with van der Waals surface area (Å²) < 4.78 is 11.2. The maximum absolute atomic E-state index is 11.8. The van der Waals surface area contributed by atoms with Crippen LogP contribution in [0, 0.1) is 0 Å². The first kappa shape index (κ1) is 18.8. The molecule has 1 aromatic heterocycles. The highest BCUT2D eigenvalue weighted by Gasteiger charge is 2.35. The Hall–Kier alpha value is -3.03. The van der Waals surface area contributed by atoms with Gasteiger partial charge >= 0.3 is 6.09 Å². The number of rotatable bonds is 4. The lowest BCUT2D eigenvalue weighted by molar-refractivity contribution is -0.0242. The van der Waals surface area contributed by atoms with Gasteiger partial charge in [-0.25, -0.2) is 4.79 Å². The van der Waals surface area contributed by atoms with E-state index in [1.54, 1.807) is 30.3 Å². The molecule has 1 saturated carbocycles. The van der Waals surface area contributed by atoms with Crippen LogP contribution in [0.2, 0.25) is 0 Å². The van der Waals surface area contributed by atoms with E-state index in [9.17, 15) is 9.90 Å². The highest BCUT2D eigenvalue weighted by Crippen LogP contribution is 2.34. The van der Waals surface area contributed by atoms with Gasteiger partial charge in [-0.05, 0) is 32.9 Å². The van der Waals surface area contributed by atoms with E-state index in [1.165, 1.54) is 0 Å². The number of nitrogens with two attached hydrogens (primary N) is 1. The smallest absolute Gasteiger partial charge is 0.407 e. The van der Waals surface area contributed by atoms with Crippen LogP contribution >= 0.6 is 0 Å². The summed E-state index contributed by atoms with van der Waals surface area (Å²) in [5, 5.41) is 20.7. The van der Waals surface area contributed by atoms with Crippen LogP contribution in [-0.4, -0.2) is 39.1 Å². The van der Waals surface area contributed by atoms with Gasteiger partial charge in [0.05, 0.1) is 0 Å². The van der Waals surface area contributed by atoms with E-state index >= 15 is 0 Å². The highest BCUT2D eigenvalue weighted by molar-refractivity contribution is 5.69. The third kappa shape index (κ3) is 4.78. The molecule has 1 amide bonds. The molecule has 0 unspecified atom stereocenters. The van der Waals surface area contributed by atoms with Gasteiger partial charge in [-0.2, -0.15) is 0 Å². The van der Waals surface area contributed by atoms with Crippen LogP contribution in [0.15, 0.2) is 30.3 Å². The fourth-order valence-corrected chi connectivity index (χ4v) is 2.68. The molecular weight excluding hydrogens is 348 g/mol. The summed E-state index contributed by atoms with van der Waals surface area (Å²) in [5.41, 5.74) is 6.53. The molecule has 0 atom stereocenters. The van der Waals surface area contributed by atoms with Crippen molar-refractivity contribution in [3.8, 4) is 22.8 Å². The zero-order valence-corrected chi connectivity index (χ0v) is 15.6. The van der Waals surface area contributed by atoms with Crippen molar-refractivity contribution in [3.63, 3.8) is 0 Å². The molecule has 1 aliphatic carbocycles. The van der Waals surface area contributed by atoms with Gasteiger partial charge in [0.15, 0.2) is 11.6 Å². The Balaban J connectivity index is 1.59. The number of ether oxygens (including phenoxy) is 2. The van der Waals surface area contributed by atoms with Crippen LogP contribution in [0.3, 0.4) is 0 Å². The van der Waals surface area contributed by atoms with Crippen molar-refractivity contribution >= 4 is 11.9 Å². The standard InChI is InChI=1S/C19H24N4O4/c1-19(2,3)21-18(25)27-12-8-11(9-12)26-16-10-14(22-23-17(16)20)13-6-4-5-7-15(13)24/h4-7,10-12,24H,8-9H2,1-3H3,(H2,20,23)(H,21,25). The molecule has 1 aliphatic rings. The SMILES string of the molecule is CC(C)(C)NC(=O)OC1CC(Oc2cc(-c3ccccc3O)nnc2N)C1. The lowest BCUT2D eigenvalue weighted by Crippen LogP contribution is -2.46. The van der Waals surface area contributed by atoms with Crippen molar-refractivity contribution < 1.29 is 19.4 Å². The van der Waals surface area contributed by atoms with Gasteiger partial charge in [0, 0.05) is 30.0 Å². The first-order valence-corrected chi connectivity index (χ1v) is 8.78. The lowest BCUT2D eigenvalue weighted by atomic mass is 9.92. The molecule has 0 radical (unpaired) electrons. The van der Waals surface area contributed by atoms with Gasteiger partial charge in [-0.3, -0.25) is 0 Å². The predicted octanol–water partition coefficient (Wildman–Crippen LogP) is 2.87. The van der Waals surface area contributed by atoms with E-state index < -0.39 is 6.09 Å². The molecular formula is C19H24N4O4. The van der Waals surface area contributed by atoms with E-state index in [0.717, 1.165) is 0 Å². The predicted molar refractivity (Wildman–Crippen MR) is 100 cm³/mol. The summed E-state index contributed by atoms with van der Waals surface area (Å²) in [5.74, 6) is 0.666. The number of para-hydroxylation sites is 1. The molecule has 0 aliphatic heterocycles. The van der Waals surface area contributed by atoms with Gasteiger partial charge in [0.25, 0.3) is 0 Å². The van der Waals surface area contributed by atoms with Crippen molar-refractivity contribution in [2.75, 3.05) is 5.73 Å². The molecule has 4 N–H and O–H groups in total. The number of aromatic hydroxyl groups is 1. The molecule has 8 nitrogen and oxygen atoms in total. The maximum atomic E-state index is 11.8. The van der Waals surface area contributed by atoms with Crippen molar-refractivity contribution in [2.24, 2.45) is 0 Å². The Labute approximate surface area is 157 Å². The number of carbonyl (C=O) groups is 1. The van der Waals surface area contributed by atoms with Crippen LogP contribution in [-0.2, 0) is 4.74 Å². The first-order chi connectivity index (χ1) is 12.7. The molecule has 144 valence electrons. The molecule has 1 fully saturated rings. The Bertz CT molecular complexity index is 829. The van der Waals surface area contributed by atoms with Crippen molar-refractivity contribution in [1.29, 1.82) is 0 Å². The molecule has 1 heterocycles. The average molecular weight is 372 g/mol. The van der Waals surface area contributed by atoms with E-state index in [1.807, 2.05) is 20.8 Å². The number of alkyl carbamates (subject to hydrolysis) is 1. The number of nitrogen functional groups attached to an aromatic ring is 1. The minimum Gasteiger partial charge on any atom is -0.507 e. The van der Waals surface area contributed by atoms with E-state index in [4.69, 9.17) is 15.2 Å². The van der Waals surface area contributed by atoms with Crippen LogP contribution in [0.5, 0.6) is 11.5 Å². The van der Waals surface area contributed by atoms with Crippen molar-refractivity contribution in [2.45, 2.75) is 51.4 Å². The largest absolute Gasteiger partial charge is 0.507 e. The fraction of sp³-hybridized carbons (Fsp3) is 0.421. The molecule has 2 aromatic rings. The van der Waals surface area contributed by atoms with Gasteiger partial charge in [0.1, 0.15) is 23.7 Å². The second kappa shape index (κ2) is 7.30. The van der Waals surface area contributed by atoms with Crippen LogP contribution in [0.1, 0.15) is 33.6 Å². The van der Waals surface area contributed by atoms with E-state index in [-0.39, 0.29) is 29.3 Å². The molecule has 0 saturated heterocycles. The third-order valence-corrected chi connectivity index (χ3v) is 4.06. The quantitative estimate of drug-likeness (QED) is 0.755. The zero-order valence-electron chi connectivity index (χ0n) is 15.6. The number of nitrogens with zero attached hydrogens (tertiary/aromatic N) is 2. The number of anilines is 1. The topological polar surface area (TPSA) is 120 Å². The third-order valence-electron chi connectivity index (χ3n) is 4.06. The number of aromatic nitrogens is 2. The molecule has 0 spiro atoms. The summed E-state index contributed by atoms with van der Waals surface area (Å²) in [6, 6.07) is 8.48. The van der Waals surface area contributed by atoms with Crippen LogP contribution in [0.4, 0.5) is 10.6 Å². The number of phenolic OH excluding ortho intramolecular Hbond substituents is 1. The number of hydrogen-bond donors (Lipinski definition) is 3. The first-order valence-electron chi connectivity index (χ1n) is 8.78. The normalized spacial score (nSPS) is 19.1. The molecule has 3 rings (SSSR count). The minimum absolute atomic E-state index is 0.101. The summed E-state index contributed by atoms with van der Waals surface area (Å²) in [6.45, 7) is 5.67. The number of amides is 1. The van der Waals surface area contributed by atoms with Gasteiger partial charge < -0.3 is 25.6 Å². The highest BCUT2D eigenvalue weighted by atomic mass is 16.6. The van der Waals surface area contributed by atoms with Gasteiger partial charge in [0.2, 0.25) is 0 Å². The molecule has 0 bridgehead atoms. The Morgan fingerprint density at radius 2 is 1.93 bits per heavy atom. The summed E-state index contributed by atoms with van der Waals surface area (Å²) in [7, 11) is 0. The van der Waals surface area contributed by atoms with Crippen molar-refractivity contribution in [3.05, 3.63) is 30.3 Å². The van der Waals surface area contributed by atoms with Crippen molar-refractivity contribution in [1.82, 2.24) is 15.5 Å². The second-order valence-electron chi connectivity index (χ2n) is 7.61. The Morgan fingerprint density at radius 1 is 1.22 bits per heavy atom. The van der Waals surface area contributed by atoms with Gasteiger partial charge in [-0.15, -0.1) is 10.2 Å². The molecule has 8 heteroatoms. The minimum atomic E-state index is -0.433.